The average molecular weight is 401 g/mol. The molecule has 0 spiro atoms. The van der Waals surface area contributed by atoms with Gasteiger partial charge in [-0.1, -0.05) is 31.2 Å². The number of carbonyl (C=O) groups excluding carboxylic acids is 1. The predicted molar refractivity (Wildman–Crippen MR) is 114 cm³/mol. The van der Waals surface area contributed by atoms with Crippen molar-refractivity contribution in [3.8, 4) is 6.07 Å². The molecule has 144 valence electrons. The van der Waals surface area contributed by atoms with Gasteiger partial charge in [-0.05, 0) is 47.9 Å². The van der Waals surface area contributed by atoms with Crippen molar-refractivity contribution in [2.45, 2.75) is 24.1 Å². The number of esters is 1. The SMILES string of the molecule is CCc1cc(SCc2cccc(C(=O)OC)c2)n2c(nc3ccccc32)c1C#N. The highest BCUT2D eigenvalue weighted by Crippen LogP contribution is 2.31. The summed E-state index contributed by atoms with van der Waals surface area (Å²) in [6, 6.07) is 19.8. The second kappa shape index (κ2) is 7.98. The van der Waals surface area contributed by atoms with Crippen molar-refractivity contribution < 1.29 is 9.53 Å². The summed E-state index contributed by atoms with van der Waals surface area (Å²) in [4.78, 5) is 16.5. The molecule has 0 atom stereocenters. The first-order valence-electron chi connectivity index (χ1n) is 9.29. The van der Waals surface area contributed by atoms with Gasteiger partial charge < -0.3 is 4.74 Å². The van der Waals surface area contributed by atoms with Gasteiger partial charge in [0, 0.05) is 5.75 Å². The summed E-state index contributed by atoms with van der Waals surface area (Å²) in [5.41, 5.74) is 5.72. The highest BCUT2D eigenvalue weighted by atomic mass is 32.2. The monoisotopic (exact) mass is 401 g/mol. The Kier molecular flexibility index (Phi) is 5.24. The summed E-state index contributed by atoms with van der Waals surface area (Å²) in [7, 11) is 1.38. The number of ether oxygens (including phenoxy) is 1. The van der Waals surface area contributed by atoms with Crippen LogP contribution in [-0.4, -0.2) is 22.5 Å². The van der Waals surface area contributed by atoms with E-state index >= 15 is 0 Å². The molecule has 5 nitrogen and oxygen atoms in total. The Morgan fingerprint density at radius 2 is 2.03 bits per heavy atom. The standard InChI is InChI=1S/C23H19N3O2S/c1-3-16-12-21(29-14-15-7-6-8-17(11-15)23(27)28-2)26-20-10-5-4-9-19(20)25-22(26)18(16)13-24/h4-12H,3,14H2,1-2H3. The van der Waals surface area contributed by atoms with Crippen molar-refractivity contribution in [3.05, 3.63) is 76.9 Å². The van der Waals surface area contributed by atoms with Crippen LogP contribution in [0.15, 0.2) is 59.6 Å². The van der Waals surface area contributed by atoms with Crippen molar-refractivity contribution in [3.63, 3.8) is 0 Å². The molecule has 0 aliphatic heterocycles. The third kappa shape index (κ3) is 3.45. The minimum atomic E-state index is -0.341. The number of imidazole rings is 1. The second-order valence-corrected chi connectivity index (χ2v) is 7.58. The number of hydrogen-bond acceptors (Lipinski definition) is 5. The van der Waals surface area contributed by atoms with Gasteiger partial charge in [0.1, 0.15) is 6.07 Å². The molecule has 0 unspecified atom stereocenters. The van der Waals surface area contributed by atoms with Crippen LogP contribution in [0.3, 0.4) is 0 Å². The zero-order chi connectivity index (χ0) is 20.4. The van der Waals surface area contributed by atoms with Gasteiger partial charge in [-0.15, -0.1) is 11.8 Å². The van der Waals surface area contributed by atoms with Gasteiger partial charge in [-0.25, -0.2) is 9.78 Å². The smallest absolute Gasteiger partial charge is 0.337 e. The molecule has 2 aromatic heterocycles. The molecular weight excluding hydrogens is 382 g/mol. The van der Waals surface area contributed by atoms with Crippen molar-refractivity contribution in [1.29, 1.82) is 5.26 Å². The first-order valence-corrected chi connectivity index (χ1v) is 10.3. The number of nitrogens with zero attached hydrogens (tertiary/aromatic N) is 3. The molecule has 0 amide bonds. The topological polar surface area (TPSA) is 67.4 Å². The van der Waals surface area contributed by atoms with E-state index in [9.17, 15) is 10.1 Å². The van der Waals surface area contributed by atoms with Gasteiger partial charge in [0.05, 0.1) is 34.3 Å². The first kappa shape index (κ1) is 19.0. The van der Waals surface area contributed by atoms with Gasteiger partial charge in [-0.2, -0.15) is 5.26 Å². The molecule has 2 heterocycles. The van der Waals surface area contributed by atoms with Crippen molar-refractivity contribution >= 4 is 34.4 Å². The van der Waals surface area contributed by atoms with Gasteiger partial charge in [-0.3, -0.25) is 4.40 Å². The fourth-order valence-electron chi connectivity index (χ4n) is 3.42. The number of para-hydroxylation sites is 2. The van der Waals surface area contributed by atoms with E-state index < -0.39 is 0 Å². The molecule has 4 rings (SSSR count). The second-order valence-electron chi connectivity index (χ2n) is 6.59. The average Bonchev–Trinajstić information content (AvgIpc) is 3.16. The molecule has 0 saturated heterocycles. The molecule has 2 aromatic carbocycles. The van der Waals surface area contributed by atoms with Gasteiger partial charge in [0.15, 0.2) is 5.65 Å². The maximum Gasteiger partial charge on any atom is 0.337 e. The molecule has 29 heavy (non-hydrogen) atoms. The summed E-state index contributed by atoms with van der Waals surface area (Å²) in [6.07, 6.45) is 0.758. The van der Waals surface area contributed by atoms with Crippen molar-refractivity contribution in [2.24, 2.45) is 0 Å². The van der Waals surface area contributed by atoms with Crippen molar-refractivity contribution in [2.75, 3.05) is 7.11 Å². The van der Waals surface area contributed by atoms with Gasteiger partial charge in [0.25, 0.3) is 0 Å². The van der Waals surface area contributed by atoms with Crippen LogP contribution in [0, 0.1) is 11.3 Å². The number of pyridine rings is 1. The number of fused-ring (bicyclic) bond motifs is 3. The maximum absolute atomic E-state index is 11.8. The van der Waals surface area contributed by atoms with Crippen molar-refractivity contribution in [1.82, 2.24) is 9.38 Å². The number of methoxy groups -OCH3 is 1. The van der Waals surface area contributed by atoms with E-state index in [0.29, 0.717) is 22.5 Å². The van der Waals surface area contributed by atoms with E-state index in [1.54, 1.807) is 17.8 Å². The highest BCUT2D eigenvalue weighted by Gasteiger charge is 2.16. The molecular formula is C23H19N3O2S. The predicted octanol–water partition coefficient (Wildman–Crippen LogP) is 5.00. The van der Waals surface area contributed by atoms with Crippen LogP contribution in [0.2, 0.25) is 0 Å². The molecule has 0 fully saturated rings. The van der Waals surface area contributed by atoms with E-state index in [0.717, 1.165) is 33.6 Å². The Hall–Kier alpha value is -3.30. The molecule has 0 radical (unpaired) electrons. The van der Waals surface area contributed by atoms with Crippen LogP contribution < -0.4 is 0 Å². The third-order valence-electron chi connectivity index (χ3n) is 4.85. The number of nitriles is 1. The largest absolute Gasteiger partial charge is 0.465 e. The van der Waals surface area contributed by atoms with E-state index in [2.05, 4.69) is 16.5 Å². The Balaban J connectivity index is 1.80. The maximum atomic E-state index is 11.8. The van der Waals surface area contributed by atoms with Gasteiger partial charge in [0.2, 0.25) is 0 Å². The quantitative estimate of drug-likeness (QED) is 0.348. The third-order valence-corrected chi connectivity index (χ3v) is 5.92. The zero-order valence-electron chi connectivity index (χ0n) is 16.2. The van der Waals surface area contributed by atoms with Crippen LogP contribution in [0.25, 0.3) is 16.7 Å². The lowest BCUT2D eigenvalue weighted by Crippen LogP contribution is -2.02. The number of benzene rings is 2. The Morgan fingerprint density at radius 1 is 1.21 bits per heavy atom. The zero-order valence-corrected chi connectivity index (χ0v) is 17.0. The lowest BCUT2D eigenvalue weighted by atomic mass is 10.1. The molecule has 6 heteroatoms. The van der Waals surface area contributed by atoms with Crippen LogP contribution in [0.4, 0.5) is 0 Å². The normalized spacial score (nSPS) is 10.9. The Labute approximate surface area is 172 Å². The summed E-state index contributed by atoms with van der Waals surface area (Å²) >= 11 is 1.66. The van der Waals surface area contributed by atoms with Crippen LogP contribution in [0.1, 0.15) is 34.0 Å². The molecule has 0 saturated carbocycles. The van der Waals surface area contributed by atoms with E-state index in [-0.39, 0.29) is 5.97 Å². The number of carbonyl (C=O) groups is 1. The summed E-state index contributed by atoms with van der Waals surface area (Å²) in [6.45, 7) is 2.05. The minimum absolute atomic E-state index is 0.341. The Morgan fingerprint density at radius 3 is 2.79 bits per heavy atom. The summed E-state index contributed by atoms with van der Waals surface area (Å²) in [5, 5.41) is 10.7. The number of aromatic nitrogens is 2. The van der Waals surface area contributed by atoms with Crippen LogP contribution in [0.5, 0.6) is 0 Å². The lowest BCUT2D eigenvalue weighted by Gasteiger charge is -2.11. The Bertz CT molecular complexity index is 1270. The minimum Gasteiger partial charge on any atom is -0.465 e. The fourth-order valence-corrected chi connectivity index (χ4v) is 4.45. The molecule has 0 N–H and O–H groups in total. The summed E-state index contributed by atoms with van der Waals surface area (Å²) in [5.74, 6) is 0.341. The number of hydrogen-bond donors (Lipinski definition) is 0. The molecule has 0 aliphatic carbocycles. The van der Waals surface area contributed by atoms with E-state index in [1.165, 1.54) is 7.11 Å². The highest BCUT2D eigenvalue weighted by molar-refractivity contribution is 7.98. The molecule has 0 bridgehead atoms. The number of thioether (sulfide) groups is 1. The van der Waals surface area contributed by atoms with E-state index in [1.807, 2.05) is 49.4 Å². The number of rotatable bonds is 5. The van der Waals surface area contributed by atoms with Gasteiger partial charge >= 0.3 is 5.97 Å². The number of aryl methyl sites for hydroxylation is 1. The van der Waals surface area contributed by atoms with Crippen LogP contribution in [-0.2, 0) is 16.9 Å². The molecule has 4 aromatic rings. The van der Waals surface area contributed by atoms with E-state index in [4.69, 9.17) is 9.72 Å². The molecule has 0 aliphatic rings. The summed E-state index contributed by atoms with van der Waals surface area (Å²) < 4.78 is 6.87. The first-order chi connectivity index (χ1) is 14.2. The lowest BCUT2D eigenvalue weighted by molar-refractivity contribution is 0.0600. The fraction of sp³-hybridized carbons (Fsp3) is 0.174. The van der Waals surface area contributed by atoms with Crippen LogP contribution >= 0.6 is 11.8 Å².